The first-order valence-electron chi connectivity index (χ1n) is 10.6. The molecule has 1 heterocycles. The Morgan fingerprint density at radius 3 is 2.68 bits per heavy atom. The van der Waals surface area contributed by atoms with E-state index in [1.165, 1.54) is 0 Å². The second kappa shape index (κ2) is 13.3. The van der Waals surface area contributed by atoms with Crippen molar-refractivity contribution < 1.29 is 24.0 Å². The Hall–Kier alpha value is -3.07. The summed E-state index contributed by atoms with van der Waals surface area (Å²) in [7, 11) is 0. The van der Waals surface area contributed by atoms with Crippen molar-refractivity contribution in [3.8, 4) is 0 Å². The minimum absolute atomic E-state index is 0.0544. The molecule has 0 saturated carbocycles. The number of aldehydes is 2. The highest BCUT2D eigenvalue weighted by Gasteiger charge is 2.26. The van der Waals surface area contributed by atoms with Crippen LogP contribution in [0.5, 0.6) is 0 Å². The molecular weight excluding hydrogens is 400 g/mol. The summed E-state index contributed by atoms with van der Waals surface area (Å²) in [5, 5.41) is 11.3. The molecule has 1 aromatic rings. The van der Waals surface area contributed by atoms with Gasteiger partial charge in [-0.1, -0.05) is 25.0 Å². The third-order valence-electron chi connectivity index (χ3n) is 5.11. The molecule has 1 atom stereocenters. The van der Waals surface area contributed by atoms with Crippen LogP contribution in [-0.2, 0) is 25.7 Å². The molecule has 9 heteroatoms. The Morgan fingerprint density at radius 2 is 1.94 bits per heavy atom. The van der Waals surface area contributed by atoms with Crippen LogP contribution in [0.2, 0.25) is 0 Å². The molecular formula is C22H30N4O5. The van der Waals surface area contributed by atoms with Gasteiger partial charge in [-0.2, -0.15) is 0 Å². The van der Waals surface area contributed by atoms with Crippen molar-refractivity contribution in [2.24, 2.45) is 0 Å². The minimum Gasteiger partial charge on any atom is -0.376 e. The normalized spacial score (nSPS) is 15.8. The first-order valence-corrected chi connectivity index (χ1v) is 10.6. The van der Waals surface area contributed by atoms with Crippen molar-refractivity contribution in [1.82, 2.24) is 16.0 Å². The Bertz CT molecular complexity index is 796. The maximum Gasteiger partial charge on any atom is 0.243 e. The fraction of sp³-hybridized carbons (Fsp3) is 0.500. The van der Waals surface area contributed by atoms with E-state index in [1.54, 1.807) is 18.2 Å². The molecule has 1 fully saturated rings. The van der Waals surface area contributed by atoms with Crippen LogP contribution >= 0.6 is 0 Å². The van der Waals surface area contributed by atoms with Crippen molar-refractivity contribution >= 4 is 36.0 Å². The number of benzene rings is 1. The van der Waals surface area contributed by atoms with E-state index in [9.17, 15) is 24.0 Å². The van der Waals surface area contributed by atoms with Gasteiger partial charge in [0, 0.05) is 37.2 Å². The molecule has 1 aliphatic heterocycles. The topological polar surface area (TPSA) is 133 Å². The number of carbonyl (C=O) groups is 5. The summed E-state index contributed by atoms with van der Waals surface area (Å²) < 4.78 is 0. The van der Waals surface area contributed by atoms with Gasteiger partial charge in [-0.05, 0) is 30.9 Å². The molecule has 0 aromatic heterocycles. The summed E-state index contributed by atoms with van der Waals surface area (Å²) in [6.07, 6.45) is 6.55. The zero-order chi connectivity index (χ0) is 22.5. The van der Waals surface area contributed by atoms with Crippen molar-refractivity contribution in [2.75, 3.05) is 18.4 Å². The van der Waals surface area contributed by atoms with E-state index < -0.39 is 6.04 Å². The Morgan fingerprint density at radius 1 is 1.13 bits per heavy atom. The molecule has 0 spiro atoms. The first-order chi connectivity index (χ1) is 15.0. The zero-order valence-electron chi connectivity index (χ0n) is 17.6. The van der Waals surface area contributed by atoms with Gasteiger partial charge in [-0.15, -0.1) is 0 Å². The van der Waals surface area contributed by atoms with Gasteiger partial charge < -0.3 is 20.7 Å². The lowest BCUT2D eigenvalue weighted by Gasteiger charge is -2.23. The predicted octanol–water partition coefficient (Wildman–Crippen LogP) is 1.07. The van der Waals surface area contributed by atoms with Crippen molar-refractivity contribution in [3.05, 3.63) is 29.3 Å². The standard InChI is InChI=1S/C22H30N4O5/c27-12-5-3-1-2-4-11-23-21(30)14-25-18-8-6-7-16(15-28)17(18)13-24-19-9-10-20(29)26-22(19)31/h6-8,12,15,19,24-25H,1-5,9-11,13-14H2,(H,23,30)(H,26,29,31). The molecule has 2 rings (SSSR count). The fourth-order valence-corrected chi connectivity index (χ4v) is 3.36. The third-order valence-corrected chi connectivity index (χ3v) is 5.11. The van der Waals surface area contributed by atoms with Crippen LogP contribution in [-0.4, -0.2) is 49.4 Å². The zero-order valence-corrected chi connectivity index (χ0v) is 17.6. The van der Waals surface area contributed by atoms with Crippen LogP contribution < -0.4 is 21.3 Å². The number of nitrogens with one attached hydrogen (secondary N) is 4. The SMILES string of the molecule is O=CCCCCCCNC(=O)CNc1cccc(C=O)c1CNC1CCC(=O)NC1=O. The van der Waals surface area contributed by atoms with Crippen LogP contribution in [0.4, 0.5) is 5.69 Å². The average Bonchev–Trinajstić information content (AvgIpc) is 2.76. The second-order valence-electron chi connectivity index (χ2n) is 7.45. The maximum atomic E-state index is 12.1. The summed E-state index contributed by atoms with van der Waals surface area (Å²) in [5.74, 6) is -0.820. The molecule has 31 heavy (non-hydrogen) atoms. The number of rotatable bonds is 14. The molecule has 1 saturated heterocycles. The quantitative estimate of drug-likeness (QED) is 0.197. The van der Waals surface area contributed by atoms with Crippen LogP contribution in [0.25, 0.3) is 0 Å². The van der Waals surface area contributed by atoms with E-state index in [2.05, 4.69) is 21.3 Å². The Balaban J connectivity index is 1.83. The van der Waals surface area contributed by atoms with E-state index in [0.29, 0.717) is 36.2 Å². The molecule has 9 nitrogen and oxygen atoms in total. The van der Waals surface area contributed by atoms with Gasteiger partial charge in [0.05, 0.1) is 12.6 Å². The second-order valence-corrected chi connectivity index (χ2v) is 7.45. The van der Waals surface area contributed by atoms with Crippen LogP contribution in [0.3, 0.4) is 0 Å². The molecule has 4 N–H and O–H groups in total. The minimum atomic E-state index is -0.514. The molecule has 0 bridgehead atoms. The molecule has 168 valence electrons. The third kappa shape index (κ3) is 8.29. The largest absolute Gasteiger partial charge is 0.376 e. The van der Waals surface area contributed by atoms with Crippen LogP contribution in [0.15, 0.2) is 18.2 Å². The molecule has 0 aliphatic carbocycles. The number of hydrogen-bond acceptors (Lipinski definition) is 7. The van der Waals surface area contributed by atoms with E-state index >= 15 is 0 Å². The molecule has 1 aliphatic rings. The predicted molar refractivity (Wildman–Crippen MR) is 115 cm³/mol. The van der Waals surface area contributed by atoms with Gasteiger partial charge in [0.1, 0.15) is 12.6 Å². The van der Waals surface area contributed by atoms with Gasteiger partial charge in [-0.3, -0.25) is 24.5 Å². The number of imide groups is 1. The molecule has 0 radical (unpaired) electrons. The Labute approximate surface area is 181 Å². The van der Waals surface area contributed by atoms with Gasteiger partial charge in [0.2, 0.25) is 17.7 Å². The van der Waals surface area contributed by atoms with E-state index in [0.717, 1.165) is 38.3 Å². The monoisotopic (exact) mass is 430 g/mol. The van der Waals surface area contributed by atoms with Crippen molar-refractivity contribution in [3.63, 3.8) is 0 Å². The number of carbonyl (C=O) groups excluding carboxylic acids is 5. The van der Waals surface area contributed by atoms with Gasteiger partial charge >= 0.3 is 0 Å². The maximum absolute atomic E-state index is 12.1. The summed E-state index contributed by atoms with van der Waals surface area (Å²) in [5.41, 5.74) is 1.75. The average molecular weight is 431 g/mol. The number of unbranched alkanes of at least 4 members (excludes halogenated alkanes) is 4. The van der Waals surface area contributed by atoms with Crippen LogP contribution in [0.1, 0.15) is 60.9 Å². The van der Waals surface area contributed by atoms with Gasteiger partial charge in [-0.25, -0.2) is 0 Å². The van der Waals surface area contributed by atoms with E-state index in [1.807, 2.05) is 0 Å². The van der Waals surface area contributed by atoms with Crippen LogP contribution in [0, 0.1) is 0 Å². The summed E-state index contributed by atoms with van der Waals surface area (Å²) >= 11 is 0. The van der Waals surface area contributed by atoms with E-state index in [-0.39, 0.29) is 37.2 Å². The van der Waals surface area contributed by atoms with Gasteiger partial charge in [0.25, 0.3) is 0 Å². The lowest BCUT2D eigenvalue weighted by Crippen LogP contribution is -2.50. The lowest BCUT2D eigenvalue weighted by molar-refractivity contribution is -0.134. The highest BCUT2D eigenvalue weighted by atomic mass is 16.2. The Kier molecular flexibility index (Phi) is 10.4. The number of piperidine rings is 1. The number of anilines is 1. The highest BCUT2D eigenvalue weighted by Crippen LogP contribution is 2.19. The highest BCUT2D eigenvalue weighted by molar-refractivity contribution is 6.00. The fourth-order valence-electron chi connectivity index (χ4n) is 3.36. The van der Waals surface area contributed by atoms with Crippen molar-refractivity contribution in [1.29, 1.82) is 0 Å². The summed E-state index contributed by atoms with van der Waals surface area (Å²) in [4.78, 5) is 57.1. The van der Waals surface area contributed by atoms with Crippen molar-refractivity contribution in [2.45, 2.75) is 57.5 Å². The molecule has 3 amide bonds. The van der Waals surface area contributed by atoms with Gasteiger partial charge in [0.15, 0.2) is 0 Å². The first kappa shape index (κ1) is 24.2. The summed E-state index contributed by atoms with van der Waals surface area (Å²) in [6, 6.07) is 4.65. The molecule has 1 unspecified atom stereocenters. The van der Waals surface area contributed by atoms with E-state index in [4.69, 9.17) is 0 Å². The molecule has 1 aromatic carbocycles. The summed E-state index contributed by atoms with van der Waals surface area (Å²) in [6.45, 7) is 0.866. The number of amides is 3. The lowest BCUT2D eigenvalue weighted by atomic mass is 10.0. The number of hydrogen-bond donors (Lipinski definition) is 4. The smallest absolute Gasteiger partial charge is 0.243 e.